The zero-order valence-corrected chi connectivity index (χ0v) is 15.7. The largest absolute Gasteiger partial charge is 0.497 e. The van der Waals surface area contributed by atoms with E-state index in [0.717, 1.165) is 29.2 Å². The molecular formula is C17H11ClF3NO2S2. The van der Waals surface area contributed by atoms with Crippen molar-refractivity contribution in [2.24, 2.45) is 0 Å². The smallest absolute Gasteiger partial charge is 0.417 e. The van der Waals surface area contributed by atoms with Gasteiger partial charge in [-0.2, -0.15) is 13.2 Å². The van der Waals surface area contributed by atoms with E-state index in [1.807, 2.05) is 0 Å². The Kier molecular flexibility index (Phi) is 5.45. The molecule has 0 radical (unpaired) electrons. The molecule has 0 N–H and O–H groups in total. The Morgan fingerprint density at radius 1 is 1.27 bits per heavy atom. The van der Waals surface area contributed by atoms with Crippen molar-refractivity contribution in [3.63, 3.8) is 0 Å². The maximum absolute atomic E-state index is 13.4. The second kappa shape index (κ2) is 7.46. The number of thioether (sulfide) groups is 1. The summed E-state index contributed by atoms with van der Waals surface area (Å²) in [6.07, 6.45) is -4.53. The number of carbonyl (C=O) groups excluding carboxylic acids is 1. The lowest BCUT2D eigenvalue weighted by Crippen LogP contribution is -2.07. The number of rotatable bonds is 5. The lowest BCUT2D eigenvalue weighted by Gasteiger charge is -2.13. The number of methoxy groups -OCH3 is 1. The fourth-order valence-corrected chi connectivity index (χ4v) is 4.16. The highest BCUT2D eigenvalue weighted by Gasteiger charge is 2.33. The Bertz CT molecular complexity index is 972. The van der Waals surface area contributed by atoms with E-state index >= 15 is 0 Å². The van der Waals surface area contributed by atoms with Crippen molar-refractivity contribution >= 4 is 51.4 Å². The van der Waals surface area contributed by atoms with Crippen LogP contribution < -0.4 is 4.74 Å². The van der Waals surface area contributed by atoms with Gasteiger partial charge >= 0.3 is 6.18 Å². The first-order chi connectivity index (χ1) is 12.3. The van der Waals surface area contributed by atoms with E-state index in [0.29, 0.717) is 15.0 Å². The number of nitrogens with zero attached hydrogens (tertiary/aromatic N) is 1. The number of aromatic nitrogens is 1. The third-order valence-corrected chi connectivity index (χ3v) is 5.68. The summed E-state index contributed by atoms with van der Waals surface area (Å²) in [5, 5.41) is 0.105. The minimum Gasteiger partial charge on any atom is -0.497 e. The summed E-state index contributed by atoms with van der Waals surface area (Å²) in [6, 6.07) is 8.39. The van der Waals surface area contributed by atoms with Gasteiger partial charge in [0.15, 0.2) is 5.78 Å². The molecule has 2 aromatic heterocycles. The number of halogens is 4. The summed E-state index contributed by atoms with van der Waals surface area (Å²) < 4.78 is 45.7. The van der Waals surface area contributed by atoms with Crippen molar-refractivity contribution in [2.45, 2.75) is 11.2 Å². The number of fused-ring (bicyclic) bond motifs is 1. The Hall–Kier alpha value is -1.77. The molecule has 9 heteroatoms. The number of alkyl halides is 3. The van der Waals surface area contributed by atoms with Crippen LogP contribution in [0, 0.1) is 0 Å². The van der Waals surface area contributed by atoms with Gasteiger partial charge in [-0.1, -0.05) is 23.4 Å². The predicted molar refractivity (Wildman–Crippen MR) is 97.7 cm³/mol. The van der Waals surface area contributed by atoms with Gasteiger partial charge in [0.2, 0.25) is 0 Å². The van der Waals surface area contributed by atoms with Crippen LogP contribution in [0.1, 0.15) is 15.2 Å². The average Bonchev–Trinajstić information content (AvgIpc) is 3.04. The molecular weight excluding hydrogens is 407 g/mol. The van der Waals surface area contributed by atoms with Gasteiger partial charge in [0.05, 0.1) is 38.2 Å². The van der Waals surface area contributed by atoms with E-state index in [4.69, 9.17) is 16.3 Å². The molecule has 0 amide bonds. The van der Waals surface area contributed by atoms with Crippen molar-refractivity contribution in [2.75, 3.05) is 12.9 Å². The van der Waals surface area contributed by atoms with Crippen molar-refractivity contribution in [1.82, 2.24) is 4.98 Å². The van der Waals surface area contributed by atoms with E-state index in [-0.39, 0.29) is 27.5 Å². The lowest BCUT2D eigenvalue weighted by molar-refractivity contribution is -0.136. The third-order valence-electron chi connectivity index (χ3n) is 3.50. The Balaban J connectivity index is 1.93. The highest BCUT2D eigenvalue weighted by molar-refractivity contribution is 8.00. The van der Waals surface area contributed by atoms with E-state index in [9.17, 15) is 18.0 Å². The molecule has 3 rings (SSSR count). The standard InChI is InChI=1S/C17H11ClF3NO2S2/c1-24-9-2-3-10-11(17(19,20)21)7-16(22-12(10)6-9)25-8-13(23)14-4-5-15(18)26-14/h2-7H,8H2,1H3. The molecule has 0 spiro atoms. The van der Waals surface area contributed by atoms with E-state index in [1.54, 1.807) is 12.1 Å². The number of carbonyl (C=O) groups is 1. The molecule has 0 unspecified atom stereocenters. The SMILES string of the molecule is COc1ccc2c(C(F)(F)F)cc(SCC(=O)c3ccc(Cl)s3)nc2c1. The summed E-state index contributed by atoms with van der Waals surface area (Å²) in [5.74, 6) is 0.161. The number of ketones is 1. The van der Waals surface area contributed by atoms with E-state index in [2.05, 4.69) is 4.98 Å². The van der Waals surface area contributed by atoms with Gasteiger partial charge in [-0.3, -0.25) is 4.79 Å². The number of thiophene rings is 1. The highest BCUT2D eigenvalue weighted by atomic mass is 35.5. The first-order valence-electron chi connectivity index (χ1n) is 7.25. The van der Waals surface area contributed by atoms with E-state index < -0.39 is 11.7 Å². The third kappa shape index (κ3) is 4.13. The number of pyridine rings is 1. The molecule has 0 saturated carbocycles. The molecule has 0 atom stereocenters. The Labute approximate surface area is 160 Å². The van der Waals surface area contributed by atoms with Crippen molar-refractivity contribution in [3.05, 3.63) is 51.2 Å². The van der Waals surface area contributed by atoms with Gasteiger partial charge in [0.1, 0.15) is 5.75 Å². The Morgan fingerprint density at radius 2 is 2.04 bits per heavy atom. The van der Waals surface area contributed by atoms with Gasteiger partial charge in [-0.05, 0) is 30.3 Å². The molecule has 136 valence electrons. The topological polar surface area (TPSA) is 39.2 Å². The van der Waals surface area contributed by atoms with Crippen molar-refractivity contribution in [3.8, 4) is 5.75 Å². The molecule has 0 aliphatic carbocycles. The highest BCUT2D eigenvalue weighted by Crippen LogP contribution is 2.37. The lowest BCUT2D eigenvalue weighted by atomic mass is 10.1. The molecule has 0 saturated heterocycles. The van der Waals surface area contributed by atoms with Gasteiger partial charge in [-0.25, -0.2) is 4.98 Å². The van der Waals surface area contributed by atoms with Crippen LogP contribution in [-0.4, -0.2) is 23.6 Å². The monoisotopic (exact) mass is 417 g/mol. The molecule has 3 aromatic rings. The van der Waals surface area contributed by atoms with Gasteiger partial charge < -0.3 is 4.74 Å². The first-order valence-corrected chi connectivity index (χ1v) is 9.43. The molecule has 3 nitrogen and oxygen atoms in total. The van der Waals surface area contributed by atoms with Crippen LogP contribution in [0.4, 0.5) is 13.2 Å². The molecule has 1 aromatic carbocycles. The van der Waals surface area contributed by atoms with Crippen molar-refractivity contribution < 1.29 is 22.7 Å². The van der Waals surface area contributed by atoms with Crippen LogP contribution in [0.15, 0.2) is 41.4 Å². The number of benzene rings is 1. The number of ether oxygens (including phenoxy) is 1. The van der Waals surface area contributed by atoms with Crippen LogP contribution in [0.2, 0.25) is 4.34 Å². The molecule has 0 bridgehead atoms. The fraction of sp³-hybridized carbons (Fsp3) is 0.176. The van der Waals surface area contributed by atoms with Gasteiger partial charge in [0, 0.05) is 11.5 Å². The average molecular weight is 418 g/mol. The summed E-state index contributed by atoms with van der Waals surface area (Å²) in [7, 11) is 1.43. The van der Waals surface area contributed by atoms with Gasteiger partial charge in [-0.15, -0.1) is 11.3 Å². The minimum atomic E-state index is -4.53. The maximum Gasteiger partial charge on any atom is 0.417 e. The normalized spacial score (nSPS) is 11.7. The number of hydrogen-bond donors (Lipinski definition) is 0. The van der Waals surface area contributed by atoms with Crippen molar-refractivity contribution in [1.29, 1.82) is 0 Å². The zero-order chi connectivity index (χ0) is 18.9. The van der Waals surface area contributed by atoms with Crippen LogP contribution >= 0.6 is 34.7 Å². The first kappa shape index (κ1) is 19.0. The molecule has 2 heterocycles. The molecule has 26 heavy (non-hydrogen) atoms. The summed E-state index contributed by atoms with van der Waals surface area (Å²) in [6.45, 7) is 0. The predicted octanol–water partition coefficient (Wildman–Crippen LogP) is 5.95. The van der Waals surface area contributed by atoms with Crippen LogP contribution in [-0.2, 0) is 6.18 Å². The quantitative estimate of drug-likeness (QED) is 0.379. The summed E-state index contributed by atoms with van der Waals surface area (Å²) in [4.78, 5) is 16.8. The minimum absolute atomic E-state index is 0.0148. The summed E-state index contributed by atoms with van der Waals surface area (Å²) in [5.41, 5.74) is -0.632. The maximum atomic E-state index is 13.4. The van der Waals surface area contributed by atoms with Gasteiger partial charge in [0.25, 0.3) is 0 Å². The molecule has 0 fully saturated rings. The van der Waals surface area contributed by atoms with E-state index in [1.165, 1.54) is 25.3 Å². The summed E-state index contributed by atoms with van der Waals surface area (Å²) >= 11 is 7.88. The Morgan fingerprint density at radius 3 is 2.65 bits per heavy atom. The second-order valence-electron chi connectivity index (χ2n) is 5.20. The zero-order valence-electron chi connectivity index (χ0n) is 13.3. The number of hydrogen-bond acceptors (Lipinski definition) is 5. The van der Waals surface area contributed by atoms with Crippen LogP contribution in [0.25, 0.3) is 10.9 Å². The van der Waals surface area contributed by atoms with Crippen LogP contribution in [0.3, 0.4) is 0 Å². The molecule has 0 aliphatic rings. The van der Waals surface area contributed by atoms with Crippen LogP contribution in [0.5, 0.6) is 5.75 Å². The number of Topliss-reactive ketones (excluding diaryl/α,β-unsaturated/α-hetero) is 1. The fourth-order valence-electron chi connectivity index (χ4n) is 2.29. The molecule has 0 aliphatic heterocycles. The second-order valence-corrected chi connectivity index (χ2v) is 7.92.